The zero-order valence-corrected chi connectivity index (χ0v) is 10.5. The Hall–Kier alpha value is -1.38. The van der Waals surface area contributed by atoms with Crippen LogP contribution < -0.4 is 0 Å². The van der Waals surface area contributed by atoms with Crippen molar-refractivity contribution in [1.29, 1.82) is 0 Å². The van der Waals surface area contributed by atoms with E-state index in [1.165, 1.54) is 18.9 Å². The van der Waals surface area contributed by atoms with Crippen molar-refractivity contribution < 1.29 is 9.59 Å². The third kappa shape index (κ3) is 2.65. The Morgan fingerprint density at radius 1 is 1.24 bits per heavy atom. The van der Waals surface area contributed by atoms with Crippen LogP contribution in [0.4, 0.5) is 0 Å². The maximum Gasteiger partial charge on any atom is 0.253 e. The number of allylic oxidation sites excluding steroid dienone is 2. The first-order valence-corrected chi connectivity index (χ1v) is 6.16. The van der Waals surface area contributed by atoms with Gasteiger partial charge in [-0.05, 0) is 44.6 Å². The second-order valence-corrected chi connectivity index (χ2v) is 5.46. The lowest BCUT2D eigenvalue weighted by Crippen LogP contribution is -2.30. The molecule has 3 heteroatoms. The highest BCUT2D eigenvalue weighted by atomic mass is 16.2. The largest absolute Gasteiger partial charge is 0.338 e. The fourth-order valence-corrected chi connectivity index (χ4v) is 2.44. The number of hydrogen-bond acceptors (Lipinski definition) is 2. The molecule has 17 heavy (non-hydrogen) atoms. The number of carbonyl (C=O) groups excluding carboxylic acids is 2. The molecule has 0 unspecified atom stereocenters. The molecular weight excluding hydrogens is 214 g/mol. The van der Waals surface area contributed by atoms with E-state index in [4.69, 9.17) is 0 Å². The van der Waals surface area contributed by atoms with Crippen LogP contribution in [0.3, 0.4) is 0 Å². The summed E-state index contributed by atoms with van der Waals surface area (Å²) in [6.45, 7) is 5.57. The summed E-state index contributed by atoms with van der Waals surface area (Å²) in [7, 11) is 0. The Bertz CT molecular complexity index is 398. The Balaban J connectivity index is 2.09. The first-order chi connectivity index (χ1) is 8.06. The maximum absolute atomic E-state index is 12.2. The SMILES string of the molecule is CC(C)=C/C(=C\C=O)C(=O)N1CCC2(CC2)C1. The van der Waals surface area contributed by atoms with Crippen molar-refractivity contribution in [2.75, 3.05) is 13.1 Å². The number of amides is 1. The van der Waals surface area contributed by atoms with Crippen molar-refractivity contribution in [3.8, 4) is 0 Å². The van der Waals surface area contributed by atoms with Crippen molar-refractivity contribution in [1.82, 2.24) is 4.90 Å². The summed E-state index contributed by atoms with van der Waals surface area (Å²) in [4.78, 5) is 24.7. The zero-order valence-electron chi connectivity index (χ0n) is 10.5. The molecule has 1 spiro atoms. The third-order valence-electron chi connectivity index (χ3n) is 3.62. The Kier molecular flexibility index (Phi) is 3.18. The van der Waals surface area contributed by atoms with Gasteiger partial charge in [-0.2, -0.15) is 0 Å². The lowest BCUT2D eigenvalue weighted by molar-refractivity contribution is -0.126. The third-order valence-corrected chi connectivity index (χ3v) is 3.62. The van der Waals surface area contributed by atoms with Crippen molar-refractivity contribution in [2.24, 2.45) is 5.41 Å². The molecule has 0 aromatic carbocycles. The van der Waals surface area contributed by atoms with Crippen LogP contribution in [0, 0.1) is 5.41 Å². The topological polar surface area (TPSA) is 37.4 Å². The molecule has 1 saturated carbocycles. The average Bonchev–Trinajstić information content (AvgIpc) is 2.87. The van der Waals surface area contributed by atoms with Gasteiger partial charge in [0.2, 0.25) is 0 Å². The van der Waals surface area contributed by atoms with Crippen molar-refractivity contribution in [3.05, 3.63) is 23.3 Å². The molecule has 92 valence electrons. The Labute approximate surface area is 102 Å². The molecule has 2 rings (SSSR count). The monoisotopic (exact) mass is 233 g/mol. The minimum Gasteiger partial charge on any atom is -0.338 e. The standard InChI is InChI=1S/C14H19NO2/c1-11(2)9-12(3-8-16)13(17)15-7-6-14(10-15)4-5-14/h3,8-9H,4-7,10H2,1-2H3/b12-3+. The summed E-state index contributed by atoms with van der Waals surface area (Å²) in [5.74, 6) is 0.00192. The number of carbonyl (C=O) groups is 2. The highest BCUT2D eigenvalue weighted by Gasteiger charge is 2.48. The van der Waals surface area contributed by atoms with E-state index in [1.807, 2.05) is 18.7 Å². The van der Waals surface area contributed by atoms with Crippen molar-refractivity contribution in [3.63, 3.8) is 0 Å². The zero-order chi connectivity index (χ0) is 12.5. The van der Waals surface area contributed by atoms with E-state index < -0.39 is 0 Å². The molecule has 2 aliphatic rings. The smallest absolute Gasteiger partial charge is 0.253 e. The van der Waals surface area contributed by atoms with Gasteiger partial charge < -0.3 is 4.90 Å². The highest BCUT2D eigenvalue weighted by Crippen LogP contribution is 2.52. The fraction of sp³-hybridized carbons (Fsp3) is 0.571. The van der Waals surface area contributed by atoms with Crippen LogP contribution in [0.25, 0.3) is 0 Å². The molecule has 0 radical (unpaired) electrons. The van der Waals surface area contributed by atoms with Gasteiger partial charge in [0.05, 0.1) is 0 Å². The van der Waals surface area contributed by atoms with E-state index in [-0.39, 0.29) is 5.91 Å². The molecule has 0 N–H and O–H groups in total. The number of aldehydes is 1. The molecule has 1 aliphatic carbocycles. The van der Waals surface area contributed by atoms with Gasteiger partial charge in [0.25, 0.3) is 5.91 Å². The molecule has 1 saturated heterocycles. The second-order valence-electron chi connectivity index (χ2n) is 5.46. The van der Waals surface area contributed by atoms with E-state index in [0.717, 1.165) is 25.1 Å². The van der Waals surface area contributed by atoms with Crippen molar-refractivity contribution >= 4 is 12.2 Å². The first kappa shape index (κ1) is 12.1. The summed E-state index contributed by atoms with van der Waals surface area (Å²) >= 11 is 0. The van der Waals surface area contributed by atoms with Crippen LogP contribution in [-0.2, 0) is 9.59 Å². The number of nitrogens with zero attached hydrogens (tertiary/aromatic N) is 1. The molecule has 0 aromatic rings. The molecule has 2 fully saturated rings. The predicted octanol–water partition coefficient (Wildman–Crippen LogP) is 2.09. The molecule has 0 atom stereocenters. The number of rotatable bonds is 3. The molecule has 1 amide bonds. The average molecular weight is 233 g/mol. The second kappa shape index (κ2) is 4.47. The van der Waals surface area contributed by atoms with Crippen LogP contribution >= 0.6 is 0 Å². The van der Waals surface area contributed by atoms with Crippen molar-refractivity contribution in [2.45, 2.75) is 33.1 Å². The summed E-state index contributed by atoms with van der Waals surface area (Å²) in [5, 5.41) is 0. The van der Waals surface area contributed by atoms with Gasteiger partial charge in [-0.25, -0.2) is 0 Å². The normalized spacial score (nSPS) is 21.5. The van der Waals surface area contributed by atoms with Crippen LogP contribution in [-0.4, -0.2) is 30.2 Å². The molecule has 3 nitrogen and oxygen atoms in total. The van der Waals surface area contributed by atoms with Crippen LogP contribution in [0.1, 0.15) is 33.1 Å². The molecule has 0 aromatic heterocycles. The van der Waals surface area contributed by atoms with Gasteiger partial charge in [-0.1, -0.05) is 11.6 Å². The van der Waals surface area contributed by atoms with Crippen LogP contribution in [0.2, 0.25) is 0 Å². The lowest BCUT2D eigenvalue weighted by Gasteiger charge is -2.16. The number of hydrogen-bond donors (Lipinski definition) is 0. The molecular formula is C14H19NO2. The summed E-state index contributed by atoms with van der Waals surface area (Å²) in [6, 6.07) is 0. The van der Waals surface area contributed by atoms with Gasteiger partial charge in [0.15, 0.2) is 0 Å². The Morgan fingerprint density at radius 2 is 1.94 bits per heavy atom. The summed E-state index contributed by atoms with van der Waals surface area (Å²) in [6.07, 6.45) is 7.48. The Morgan fingerprint density at radius 3 is 2.41 bits per heavy atom. The van der Waals surface area contributed by atoms with E-state index >= 15 is 0 Å². The van der Waals surface area contributed by atoms with Crippen LogP contribution in [0.15, 0.2) is 23.3 Å². The first-order valence-electron chi connectivity index (χ1n) is 6.16. The number of likely N-dealkylation sites (tertiary alicyclic amines) is 1. The molecule has 0 bridgehead atoms. The quantitative estimate of drug-likeness (QED) is 0.425. The van der Waals surface area contributed by atoms with E-state index in [9.17, 15) is 9.59 Å². The summed E-state index contributed by atoms with van der Waals surface area (Å²) < 4.78 is 0. The lowest BCUT2D eigenvalue weighted by atomic mass is 10.1. The highest BCUT2D eigenvalue weighted by molar-refractivity contribution is 5.99. The molecule has 1 heterocycles. The minimum absolute atomic E-state index is 0.00192. The molecule has 1 aliphatic heterocycles. The van der Waals surface area contributed by atoms with E-state index in [2.05, 4.69) is 0 Å². The maximum atomic E-state index is 12.2. The van der Waals surface area contributed by atoms with E-state index in [1.54, 1.807) is 6.08 Å². The van der Waals surface area contributed by atoms with E-state index in [0.29, 0.717) is 17.3 Å². The van der Waals surface area contributed by atoms with Gasteiger partial charge >= 0.3 is 0 Å². The van der Waals surface area contributed by atoms with Crippen LogP contribution in [0.5, 0.6) is 0 Å². The van der Waals surface area contributed by atoms with Gasteiger partial charge in [-0.3, -0.25) is 9.59 Å². The summed E-state index contributed by atoms with van der Waals surface area (Å²) in [5.41, 5.74) is 1.98. The van der Waals surface area contributed by atoms with Gasteiger partial charge in [0.1, 0.15) is 6.29 Å². The minimum atomic E-state index is 0.00192. The van der Waals surface area contributed by atoms with Gasteiger partial charge in [-0.15, -0.1) is 0 Å². The fourth-order valence-electron chi connectivity index (χ4n) is 2.44. The van der Waals surface area contributed by atoms with Gasteiger partial charge in [0, 0.05) is 18.7 Å². The predicted molar refractivity (Wildman–Crippen MR) is 66.4 cm³/mol.